The highest BCUT2D eigenvalue weighted by molar-refractivity contribution is 5.89. The Morgan fingerprint density at radius 1 is 0.667 bits per heavy atom. The average Bonchev–Trinajstić information content (AvgIpc) is 3.74. The van der Waals surface area contributed by atoms with Gasteiger partial charge < -0.3 is 33.9 Å². The lowest BCUT2D eigenvalue weighted by molar-refractivity contribution is -0.150. The van der Waals surface area contributed by atoms with E-state index < -0.39 is 23.7 Å². The number of likely N-dealkylation sites (tertiary alicyclic amines) is 1. The van der Waals surface area contributed by atoms with Crippen molar-refractivity contribution in [3.63, 3.8) is 0 Å². The first-order chi connectivity index (χ1) is 30.6. The van der Waals surface area contributed by atoms with E-state index in [2.05, 4.69) is 11.4 Å². The van der Waals surface area contributed by atoms with Crippen LogP contribution in [0.2, 0.25) is 0 Å². The Balaban J connectivity index is 1.13. The molecular weight excluding hydrogens is 797 g/mol. The number of esters is 1. The molecule has 1 aliphatic heterocycles. The van der Waals surface area contributed by atoms with Gasteiger partial charge in [-0.3, -0.25) is 19.2 Å². The van der Waals surface area contributed by atoms with Crippen LogP contribution in [-0.4, -0.2) is 82.1 Å². The van der Waals surface area contributed by atoms with Gasteiger partial charge in [0.1, 0.15) is 34.7 Å². The van der Waals surface area contributed by atoms with Crippen molar-refractivity contribution in [2.75, 3.05) is 41.5 Å². The highest BCUT2D eigenvalue weighted by Crippen LogP contribution is 2.42. The summed E-state index contributed by atoms with van der Waals surface area (Å²) >= 11 is 0. The molecule has 0 aliphatic carbocycles. The van der Waals surface area contributed by atoms with E-state index in [-0.39, 0.29) is 49.5 Å². The Kier molecular flexibility index (Phi) is 16.3. The van der Waals surface area contributed by atoms with Crippen LogP contribution in [-0.2, 0) is 34.3 Å². The molecular formula is C52H60N2O9. The standard InChI is InChI=1S/C52H60N2O9/c1-36(37-17-18-39-32-46(61-5)24-19-38(39)31-37)48(55)15-11-6-7-12-16-50(57)54-34-47(63-51(58)30-29-49(56)53-2)33-43(54)35-62-52(40-13-9-8-10-14-40,41-20-25-44(59-3)26-21-41)42-22-27-45(60-4)28-23-42/h8-10,13-14,17-28,31-32,36,43,47H,6-7,11-12,15-16,29-30,33-35H2,1-5H3,(H,53,56)/t36-,43-,47+/m0/s1. The van der Waals surface area contributed by atoms with Crippen molar-refractivity contribution in [3.05, 3.63) is 138 Å². The van der Waals surface area contributed by atoms with E-state index in [0.717, 1.165) is 58.0 Å². The van der Waals surface area contributed by atoms with E-state index in [0.29, 0.717) is 37.2 Å². The molecule has 1 fully saturated rings. The fraction of sp³-hybridized carbons (Fsp3) is 0.385. The third-order valence-corrected chi connectivity index (χ3v) is 12.1. The minimum Gasteiger partial charge on any atom is -0.497 e. The monoisotopic (exact) mass is 856 g/mol. The second-order valence-corrected chi connectivity index (χ2v) is 16.1. The molecule has 11 nitrogen and oxygen atoms in total. The molecule has 0 radical (unpaired) electrons. The first-order valence-electron chi connectivity index (χ1n) is 21.9. The molecule has 0 aromatic heterocycles. The molecule has 0 saturated carbocycles. The summed E-state index contributed by atoms with van der Waals surface area (Å²) < 4.78 is 29.5. The summed E-state index contributed by atoms with van der Waals surface area (Å²) in [6.45, 7) is 2.32. The van der Waals surface area contributed by atoms with Gasteiger partial charge in [0.25, 0.3) is 0 Å². The van der Waals surface area contributed by atoms with E-state index in [9.17, 15) is 19.2 Å². The van der Waals surface area contributed by atoms with Crippen molar-refractivity contribution in [3.8, 4) is 17.2 Å². The molecule has 63 heavy (non-hydrogen) atoms. The van der Waals surface area contributed by atoms with Gasteiger partial charge in [0.2, 0.25) is 11.8 Å². The Labute approximate surface area is 371 Å². The molecule has 1 N–H and O–H groups in total. The van der Waals surface area contributed by atoms with Crippen molar-refractivity contribution in [2.45, 2.75) is 88.4 Å². The Hall–Kier alpha value is -6.20. The van der Waals surface area contributed by atoms with Gasteiger partial charge in [-0.15, -0.1) is 0 Å². The highest BCUT2D eigenvalue weighted by Gasteiger charge is 2.42. The SMILES string of the molecule is CNC(=O)CCC(=O)O[C@@H]1C[C@@H](COC(c2ccccc2)(c2ccc(OC)cc2)c2ccc(OC)cc2)N(C(=O)CCCCCCC(=O)[C@@H](C)c2ccc3cc(OC)ccc3c2)C1. The molecule has 1 aliphatic rings. The van der Waals surface area contributed by atoms with Gasteiger partial charge in [0.15, 0.2) is 0 Å². The highest BCUT2D eigenvalue weighted by atomic mass is 16.5. The Morgan fingerprint density at radius 3 is 1.86 bits per heavy atom. The maximum atomic E-state index is 14.1. The van der Waals surface area contributed by atoms with Gasteiger partial charge in [0, 0.05) is 38.6 Å². The number of benzene rings is 5. The molecule has 2 amide bonds. The number of hydrogen-bond donors (Lipinski definition) is 1. The molecule has 5 aromatic carbocycles. The maximum absolute atomic E-state index is 14.1. The Bertz CT molecular complexity index is 2250. The predicted octanol–water partition coefficient (Wildman–Crippen LogP) is 8.93. The van der Waals surface area contributed by atoms with E-state index in [1.165, 1.54) is 7.05 Å². The lowest BCUT2D eigenvalue weighted by atomic mass is 9.80. The van der Waals surface area contributed by atoms with Crippen LogP contribution < -0.4 is 19.5 Å². The predicted molar refractivity (Wildman–Crippen MR) is 243 cm³/mol. The normalized spacial score (nSPS) is 15.4. The molecule has 332 valence electrons. The topological polar surface area (TPSA) is 130 Å². The fourth-order valence-corrected chi connectivity index (χ4v) is 8.42. The third-order valence-electron chi connectivity index (χ3n) is 12.1. The summed E-state index contributed by atoms with van der Waals surface area (Å²) in [6, 6.07) is 37.2. The van der Waals surface area contributed by atoms with Gasteiger partial charge >= 0.3 is 5.97 Å². The number of ether oxygens (including phenoxy) is 5. The number of Topliss-reactive ketones (excluding diaryl/α,β-unsaturated/α-hetero) is 1. The van der Waals surface area contributed by atoms with Crippen molar-refractivity contribution >= 4 is 34.3 Å². The van der Waals surface area contributed by atoms with Crippen LogP contribution in [0.15, 0.2) is 115 Å². The van der Waals surface area contributed by atoms with E-state index >= 15 is 0 Å². The molecule has 1 saturated heterocycles. The van der Waals surface area contributed by atoms with Crippen molar-refractivity contribution in [1.29, 1.82) is 0 Å². The molecule has 11 heteroatoms. The molecule has 3 atom stereocenters. The van der Waals surface area contributed by atoms with Crippen LogP contribution in [0, 0.1) is 0 Å². The fourth-order valence-electron chi connectivity index (χ4n) is 8.42. The number of hydrogen-bond acceptors (Lipinski definition) is 9. The van der Waals surface area contributed by atoms with Gasteiger partial charge in [0.05, 0.1) is 46.9 Å². The summed E-state index contributed by atoms with van der Waals surface area (Å²) in [7, 11) is 6.43. The first-order valence-corrected chi connectivity index (χ1v) is 21.9. The average molecular weight is 857 g/mol. The number of nitrogens with one attached hydrogen (secondary N) is 1. The summed E-state index contributed by atoms with van der Waals surface area (Å²) in [5.74, 6) is 1.40. The smallest absolute Gasteiger partial charge is 0.306 e. The van der Waals surface area contributed by atoms with E-state index in [1.807, 2.05) is 116 Å². The number of nitrogens with zero attached hydrogens (tertiary/aromatic N) is 1. The molecule has 0 spiro atoms. The number of methoxy groups -OCH3 is 3. The van der Waals surface area contributed by atoms with Crippen LogP contribution in [0.4, 0.5) is 0 Å². The second-order valence-electron chi connectivity index (χ2n) is 16.1. The van der Waals surface area contributed by atoms with Gasteiger partial charge in [-0.25, -0.2) is 0 Å². The van der Waals surface area contributed by atoms with E-state index in [4.69, 9.17) is 23.7 Å². The third kappa shape index (κ3) is 11.6. The Morgan fingerprint density at radius 2 is 1.24 bits per heavy atom. The summed E-state index contributed by atoms with van der Waals surface area (Å²) in [6.07, 6.45) is 3.57. The lowest BCUT2D eigenvalue weighted by Crippen LogP contribution is -2.42. The summed E-state index contributed by atoms with van der Waals surface area (Å²) in [4.78, 5) is 53.9. The molecule has 0 unspecified atom stereocenters. The van der Waals surface area contributed by atoms with Crippen LogP contribution in [0.3, 0.4) is 0 Å². The van der Waals surface area contributed by atoms with Crippen LogP contribution in [0.5, 0.6) is 17.2 Å². The van der Waals surface area contributed by atoms with E-state index in [1.54, 1.807) is 26.2 Å². The number of rotatable bonds is 22. The van der Waals surface area contributed by atoms with Crippen LogP contribution >= 0.6 is 0 Å². The summed E-state index contributed by atoms with van der Waals surface area (Å²) in [5, 5.41) is 4.67. The minimum absolute atomic E-state index is 0.0184. The number of unbranched alkanes of at least 4 members (excludes halogenated alkanes) is 3. The number of ketones is 1. The largest absolute Gasteiger partial charge is 0.497 e. The number of amides is 2. The van der Waals surface area contributed by atoms with Crippen molar-refractivity contribution < 1.29 is 42.9 Å². The zero-order valence-corrected chi connectivity index (χ0v) is 37.1. The number of fused-ring (bicyclic) bond motifs is 1. The van der Waals surface area contributed by atoms with Gasteiger partial charge in [-0.2, -0.15) is 0 Å². The molecule has 1 heterocycles. The van der Waals surface area contributed by atoms with Crippen LogP contribution in [0.25, 0.3) is 10.8 Å². The molecule has 6 rings (SSSR count). The first kappa shape index (κ1) is 46.3. The zero-order chi connectivity index (χ0) is 44.8. The number of carbonyl (C=O) groups excluding carboxylic acids is 4. The van der Waals surface area contributed by atoms with Crippen molar-refractivity contribution in [1.82, 2.24) is 10.2 Å². The number of carbonyl (C=O) groups is 4. The summed E-state index contributed by atoms with van der Waals surface area (Å²) in [5.41, 5.74) is 2.50. The zero-order valence-electron chi connectivity index (χ0n) is 37.1. The minimum atomic E-state index is -1.10. The second kappa shape index (κ2) is 22.2. The van der Waals surface area contributed by atoms with Crippen LogP contribution in [0.1, 0.15) is 92.9 Å². The lowest BCUT2D eigenvalue weighted by Gasteiger charge is -2.38. The quantitative estimate of drug-likeness (QED) is 0.0412. The molecule has 5 aromatic rings. The van der Waals surface area contributed by atoms with Gasteiger partial charge in [-0.05, 0) is 82.3 Å². The molecule has 0 bridgehead atoms. The maximum Gasteiger partial charge on any atom is 0.306 e. The van der Waals surface area contributed by atoms with Gasteiger partial charge in [-0.1, -0.05) is 98.6 Å². The van der Waals surface area contributed by atoms with Crippen molar-refractivity contribution in [2.24, 2.45) is 0 Å².